The molecule has 0 radical (unpaired) electrons. The summed E-state index contributed by atoms with van der Waals surface area (Å²) in [6.45, 7) is 5.88. The fraction of sp³-hybridized carbons (Fsp3) is 0.583. The van der Waals surface area contributed by atoms with Crippen LogP contribution in [-0.2, 0) is 11.2 Å². The van der Waals surface area contributed by atoms with Crippen LogP contribution in [0, 0.1) is 0 Å². The number of thiophene rings is 1. The molecule has 1 atom stereocenters. The second kappa shape index (κ2) is 6.54. The van der Waals surface area contributed by atoms with Gasteiger partial charge in [0.1, 0.15) is 5.60 Å². The molecule has 0 aromatic carbocycles. The van der Waals surface area contributed by atoms with E-state index in [2.05, 4.69) is 21.2 Å². The molecule has 0 saturated carbocycles. The number of hydrogen-bond donors (Lipinski definition) is 2. The molecule has 0 aliphatic heterocycles. The Hall–Kier alpha value is -0.590. The number of halogens is 1. The van der Waals surface area contributed by atoms with Crippen molar-refractivity contribution in [2.45, 2.75) is 38.8 Å². The molecule has 1 aromatic rings. The van der Waals surface area contributed by atoms with Gasteiger partial charge in [0.2, 0.25) is 0 Å². The first-order valence-corrected chi connectivity index (χ1v) is 7.40. The Morgan fingerprint density at radius 2 is 2.28 bits per heavy atom. The first kappa shape index (κ1) is 15.5. The van der Waals surface area contributed by atoms with Crippen molar-refractivity contribution in [1.29, 1.82) is 0 Å². The van der Waals surface area contributed by atoms with Gasteiger partial charge in [0.15, 0.2) is 0 Å². The van der Waals surface area contributed by atoms with Gasteiger partial charge < -0.3 is 15.8 Å². The van der Waals surface area contributed by atoms with E-state index >= 15 is 0 Å². The van der Waals surface area contributed by atoms with Gasteiger partial charge in [0, 0.05) is 12.6 Å². The first-order valence-electron chi connectivity index (χ1n) is 5.72. The lowest BCUT2D eigenvalue weighted by atomic mass is 10.1. The highest BCUT2D eigenvalue weighted by Gasteiger charge is 2.19. The summed E-state index contributed by atoms with van der Waals surface area (Å²) in [5.41, 5.74) is 6.32. The van der Waals surface area contributed by atoms with Crippen LogP contribution in [0.4, 0.5) is 4.79 Å². The fourth-order valence-electron chi connectivity index (χ4n) is 1.40. The number of carbonyl (C=O) groups excluding carboxylic acids is 1. The lowest BCUT2D eigenvalue weighted by molar-refractivity contribution is 0.0506. The fourth-order valence-corrected chi connectivity index (χ4v) is 2.63. The zero-order chi connectivity index (χ0) is 13.8. The molecule has 1 rings (SSSR count). The molecular weight excluding hydrogens is 316 g/mol. The Labute approximate surface area is 120 Å². The number of rotatable bonds is 4. The van der Waals surface area contributed by atoms with E-state index < -0.39 is 11.7 Å². The third kappa shape index (κ3) is 5.84. The van der Waals surface area contributed by atoms with Crippen molar-refractivity contribution in [1.82, 2.24) is 5.32 Å². The summed E-state index contributed by atoms with van der Waals surface area (Å²) in [6.07, 6.45) is 0.282. The molecule has 102 valence electrons. The molecular formula is C12H19BrN2O2S. The largest absolute Gasteiger partial charge is 0.444 e. The van der Waals surface area contributed by atoms with E-state index in [9.17, 15) is 4.79 Å². The van der Waals surface area contributed by atoms with Crippen LogP contribution in [0.25, 0.3) is 0 Å². The highest BCUT2D eigenvalue weighted by Crippen LogP contribution is 2.21. The van der Waals surface area contributed by atoms with Gasteiger partial charge in [-0.2, -0.15) is 0 Å². The Kier molecular flexibility index (Phi) is 5.62. The van der Waals surface area contributed by atoms with E-state index in [4.69, 9.17) is 10.5 Å². The summed E-state index contributed by atoms with van der Waals surface area (Å²) in [4.78, 5) is 11.6. The Balaban J connectivity index is 2.49. The molecule has 0 saturated heterocycles. The second-order valence-corrected chi connectivity index (χ2v) is 7.33. The second-order valence-electron chi connectivity index (χ2n) is 5.04. The number of carbonyl (C=O) groups is 1. The molecule has 1 heterocycles. The Bertz CT molecular complexity index is 401. The molecule has 18 heavy (non-hydrogen) atoms. The molecule has 0 fully saturated rings. The van der Waals surface area contributed by atoms with Gasteiger partial charge in [-0.25, -0.2) is 4.79 Å². The van der Waals surface area contributed by atoms with E-state index in [-0.39, 0.29) is 6.04 Å². The van der Waals surface area contributed by atoms with Crippen LogP contribution in [0.5, 0.6) is 0 Å². The zero-order valence-corrected chi connectivity index (χ0v) is 13.2. The SMILES string of the molecule is CC(C)(C)OC(=O)NC(CN)Cc1csc(Br)c1. The number of nitrogens with one attached hydrogen (secondary N) is 1. The van der Waals surface area contributed by atoms with Crippen molar-refractivity contribution in [2.24, 2.45) is 5.73 Å². The van der Waals surface area contributed by atoms with E-state index in [0.29, 0.717) is 13.0 Å². The average molecular weight is 335 g/mol. The minimum absolute atomic E-state index is 0.110. The summed E-state index contributed by atoms with van der Waals surface area (Å²) < 4.78 is 6.28. The molecule has 3 N–H and O–H groups in total. The molecule has 6 heteroatoms. The predicted octanol–water partition coefficient (Wildman–Crippen LogP) is 2.91. The highest BCUT2D eigenvalue weighted by molar-refractivity contribution is 9.11. The first-order chi connectivity index (χ1) is 8.30. The Morgan fingerprint density at radius 3 is 2.72 bits per heavy atom. The quantitative estimate of drug-likeness (QED) is 0.889. The smallest absolute Gasteiger partial charge is 0.407 e. The highest BCUT2D eigenvalue weighted by atomic mass is 79.9. The maximum absolute atomic E-state index is 11.6. The van der Waals surface area contributed by atoms with Crippen LogP contribution in [0.2, 0.25) is 0 Å². The van der Waals surface area contributed by atoms with Crippen LogP contribution in [-0.4, -0.2) is 24.3 Å². The van der Waals surface area contributed by atoms with Crippen LogP contribution in [0.1, 0.15) is 26.3 Å². The number of ether oxygens (including phenoxy) is 1. The van der Waals surface area contributed by atoms with Crippen LogP contribution < -0.4 is 11.1 Å². The molecule has 0 bridgehead atoms. The van der Waals surface area contributed by atoms with Crippen molar-refractivity contribution >= 4 is 33.4 Å². The minimum atomic E-state index is -0.491. The topological polar surface area (TPSA) is 64.3 Å². The van der Waals surface area contributed by atoms with Gasteiger partial charge >= 0.3 is 6.09 Å². The predicted molar refractivity (Wildman–Crippen MR) is 77.9 cm³/mol. The van der Waals surface area contributed by atoms with Crippen molar-refractivity contribution < 1.29 is 9.53 Å². The molecule has 0 aliphatic carbocycles. The van der Waals surface area contributed by atoms with Crippen LogP contribution >= 0.6 is 27.3 Å². The van der Waals surface area contributed by atoms with Crippen LogP contribution in [0.15, 0.2) is 15.2 Å². The van der Waals surface area contributed by atoms with Gasteiger partial charge in [-0.3, -0.25) is 0 Å². The third-order valence-electron chi connectivity index (χ3n) is 2.11. The number of nitrogens with two attached hydrogens (primary N) is 1. The van der Waals surface area contributed by atoms with Gasteiger partial charge in [-0.1, -0.05) is 0 Å². The van der Waals surface area contributed by atoms with Crippen molar-refractivity contribution in [3.05, 3.63) is 20.8 Å². The lowest BCUT2D eigenvalue weighted by Crippen LogP contribution is -2.44. The third-order valence-corrected chi connectivity index (χ3v) is 3.66. The number of hydrogen-bond acceptors (Lipinski definition) is 4. The molecule has 1 unspecified atom stereocenters. The summed E-state index contributed by atoms with van der Waals surface area (Å²) in [7, 11) is 0. The van der Waals surface area contributed by atoms with E-state index in [1.165, 1.54) is 0 Å². The minimum Gasteiger partial charge on any atom is -0.444 e. The van der Waals surface area contributed by atoms with Gasteiger partial charge in [0.05, 0.1) is 3.79 Å². The van der Waals surface area contributed by atoms with Gasteiger partial charge in [0.25, 0.3) is 0 Å². The molecule has 1 amide bonds. The van der Waals surface area contributed by atoms with Crippen molar-refractivity contribution in [3.63, 3.8) is 0 Å². The van der Waals surface area contributed by atoms with E-state index in [1.54, 1.807) is 11.3 Å². The summed E-state index contributed by atoms with van der Waals surface area (Å²) >= 11 is 5.03. The molecule has 4 nitrogen and oxygen atoms in total. The maximum Gasteiger partial charge on any atom is 0.407 e. The summed E-state index contributed by atoms with van der Waals surface area (Å²) in [5.74, 6) is 0. The summed E-state index contributed by atoms with van der Waals surface area (Å²) in [6, 6.07) is 1.92. The standard InChI is InChI=1S/C12H19BrN2O2S/c1-12(2,3)17-11(16)15-9(6-14)4-8-5-10(13)18-7-8/h5,7,9H,4,6,14H2,1-3H3,(H,15,16). The monoisotopic (exact) mass is 334 g/mol. The van der Waals surface area contributed by atoms with Crippen molar-refractivity contribution in [3.8, 4) is 0 Å². The van der Waals surface area contributed by atoms with Crippen molar-refractivity contribution in [2.75, 3.05) is 6.54 Å². The Morgan fingerprint density at radius 1 is 1.61 bits per heavy atom. The van der Waals surface area contributed by atoms with E-state index in [1.807, 2.05) is 32.2 Å². The molecule has 0 aliphatic rings. The average Bonchev–Trinajstić information content (AvgIpc) is 2.60. The summed E-state index contributed by atoms with van der Waals surface area (Å²) in [5, 5.41) is 4.83. The number of amides is 1. The molecule has 1 aromatic heterocycles. The zero-order valence-electron chi connectivity index (χ0n) is 10.8. The molecule has 0 spiro atoms. The lowest BCUT2D eigenvalue weighted by Gasteiger charge is -2.22. The maximum atomic E-state index is 11.6. The normalized spacial score (nSPS) is 13.2. The van der Waals surface area contributed by atoms with Gasteiger partial charge in [-0.15, -0.1) is 11.3 Å². The van der Waals surface area contributed by atoms with Crippen LogP contribution in [0.3, 0.4) is 0 Å². The van der Waals surface area contributed by atoms with E-state index in [0.717, 1.165) is 9.35 Å². The van der Waals surface area contributed by atoms with Gasteiger partial charge in [-0.05, 0) is 60.1 Å². The number of alkyl carbamates (subject to hydrolysis) is 1.